The van der Waals surface area contributed by atoms with Gasteiger partial charge in [-0.2, -0.15) is 0 Å². The molecule has 0 radical (unpaired) electrons. The minimum absolute atomic E-state index is 0.198. The van der Waals surface area contributed by atoms with E-state index in [2.05, 4.69) is 11.4 Å². The first-order valence-corrected chi connectivity index (χ1v) is 10.1. The summed E-state index contributed by atoms with van der Waals surface area (Å²) >= 11 is 0. The SMILES string of the molecule is COc1cc(CCc2cccc(N/C=C\C(=O)c3ccc(F)cc3)c2)cc(OC)c1OC. The second-order valence-corrected chi connectivity index (χ2v) is 7.08. The van der Waals surface area contributed by atoms with Crippen LogP contribution in [0.15, 0.2) is 72.9 Å². The number of anilines is 1. The number of nitrogens with one attached hydrogen (secondary N) is 1. The van der Waals surface area contributed by atoms with Crippen LogP contribution in [0, 0.1) is 5.82 Å². The minimum atomic E-state index is -0.369. The van der Waals surface area contributed by atoms with Crippen molar-refractivity contribution in [1.82, 2.24) is 0 Å². The van der Waals surface area contributed by atoms with Crippen molar-refractivity contribution in [3.8, 4) is 17.2 Å². The Bertz CT molecular complexity index is 1070. The normalized spacial score (nSPS) is 10.8. The minimum Gasteiger partial charge on any atom is -0.493 e. The number of halogens is 1. The molecule has 0 heterocycles. The number of ketones is 1. The van der Waals surface area contributed by atoms with Crippen LogP contribution in [-0.2, 0) is 12.8 Å². The van der Waals surface area contributed by atoms with Gasteiger partial charge in [0, 0.05) is 23.5 Å². The smallest absolute Gasteiger partial charge is 0.203 e. The fraction of sp³-hybridized carbons (Fsp3) is 0.192. The molecule has 1 N–H and O–H groups in total. The largest absolute Gasteiger partial charge is 0.493 e. The molecular weight excluding hydrogens is 409 g/mol. The number of benzene rings is 3. The molecule has 0 aromatic heterocycles. The maximum absolute atomic E-state index is 13.0. The van der Waals surface area contributed by atoms with E-state index in [0.29, 0.717) is 22.8 Å². The van der Waals surface area contributed by atoms with Gasteiger partial charge in [0.25, 0.3) is 0 Å². The Labute approximate surface area is 187 Å². The first kappa shape index (κ1) is 22.9. The van der Waals surface area contributed by atoms with Crippen LogP contribution in [0.4, 0.5) is 10.1 Å². The standard InChI is InChI=1S/C26H26FNO4/c1-30-24-16-19(17-25(31-2)26(24)32-3)8-7-18-5-4-6-22(15-18)28-14-13-23(29)20-9-11-21(27)12-10-20/h4-6,9-17,28H,7-8H2,1-3H3/b14-13-. The van der Waals surface area contributed by atoms with Gasteiger partial charge in [-0.1, -0.05) is 12.1 Å². The Hall–Kier alpha value is -3.80. The molecule has 0 fully saturated rings. The highest BCUT2D eigenvalue weighted by atomic mass is 19.1. The molecule has 32 heavy (non-hydrogen) atoms. The monoisotopic (exact) mass is 435 g/mol. The van der Waals surface area contributed by atoms with Crippen molar-refractivity contribution in [2.24, 2.45) is 0 Å². The molecule has 0 saturated heterocycles. The highest BCUT2D eigenvalue weighted by Gasteiger charge is 2.13. The molecule has 0 atom stereocenters. The molecule has 6 heteroatoms. The lowest BCUT2D eigenvalue weighted by Gasteiger charge is -2.14. The highest BCUT2D eigenvalue weighted by Crippen LogP contribution is 2.38. The van der Waals surface area contributed by atoms with Gasteiger partial charge in [-0.05, 0) is 72.5 Å². The number of carbonyl (C=O) groups is 1. The van der Waals surface area contributed by atoms with Gasteiger partial charge >= 0.3 is 0 Å². The van der Waals surface area contributed by atoms with E-state index in [1.54, 1.807) is 27.5 Å². The molecule has 0 unspecified atom stereocenters. The summed E-state index contributed by atoms with van der Waals surface area (Å²) in [6.07, 6.45) is 4.62. The number of allylic oxidation sites excluding steroid dienone is 1. The van der Waals surface area contributed by atoms with Crippen LogP contribution in [0.3, 0.4) is 0 Å². The second-order valence-electron chi connectivity index (χ2n) is 7.08. The van der Waals surface area contributed by atoms with Gasteiger partial charge in [0.05, 0.1) is 21.3 Å². The van der Waals surface area contributed by atoms with E-state index in [0.717, 1.165) is 29.7 Å². The van der Waals surface area contributed by atoms with Crippen molar-refractivity contribution in [2.45, 2.75) is 12.8 Å². The van der Waals surface area contributed by atoms with Gasteiger partial charge in [-0.3, -0.25) is 4.79 Å². The van der Waals surface area contributed by atoms with Gasteiger partial charge in [0.2, 0.25) is 5.75 Å². The Morgan fingerprint density at radius 3 is 2.16 bits per heavy atom. The van der Waals surface area contributed by atoms with E-state index in [1.807, 2.05) is 30.3 Å². The first-order valence-electron chi connectivity index (χ1n) is 10.1. The molecule has 3 aromatic carbocycles. The molecule has 0 aliphatic rings. The molecular formula is C26H26FNO4. The van der Waals surface area contributed by atoms with Crippen LogP contribution in [0.1, 0.15) is 21.5 Å². The molecule has 166 valence electrons. The van der Waals surface area contributed by atoms with Gasteiger partial charge < -0.3 is 19.5 Å². The van der Waals surface area contributed by atoms with Crippen molar-refractivity contribution < 1.29 is 23.4 Å². The maximum Gasteiger partial charge on any atom is 0.203 e. The van der Waals surface area contributed by atoms with Crippen LogP contribution in [-0.4, -0.2) is 27.1 Å². The molecule has 0 saturated carbocycles. The summed E-state index contributed by atoms with van der Waals surface area (Å²) in [7, 11) is 4.79. The number of methoxy groups -OCH3 is 3. The molecule has 0 spiro atoms. The summed E-state index contributed by atoms with van der Waals surface area (Å²) in [4.78, 5) is 12.1. The Morgan fingerprint density at radius 2 is 1.53 bits per heavy atom. The van der Waals surface area contributed by atoms with Crippen molar-refractivity contribution in [1.29, 1.82) is 0 Å². The average Bonchev–Trinajstić information content (AvgIpc) is 2.82. The third-order valence-electron chi connectivity index (χ3n) is 4.97. The zero-order valence-corrected chi connectivity index (χ0v) is 18.4. The van der Waals surface area contributed by atoms with Crippen molar-refractivity contribution >= 4 is 11.5 Å². The zero-order valence-electron chi connectivity index (χ0n) is 18.4. The van der Waals surface area contributed by atoms with Gasteiger partial charge in [0.15, 0.2) is 17.3 Å². The van der Waals surface area contributed by atoms with Crippen molar-refractivity contribution in [2.75, 3.05) is 26.6 Å². The number of ether oxygens (including phenoxy) is 3. The fourth-order valence-corrected chi connectivity index (χ4v) is 3.31. The van der Waals surface area contributed by atoms with Crippen LogP contribution in [0.2, 0.25) is 0 Å². The second kappa shape index (κ2) is 11.0. The summed E-state index contributed by atoms with van der Waals surface area (Å²) in [5, 5.41) is 3.11. The summed E-state index contributed by atoms with van der Waals surface area (Å²) in [5.41, 5.74) is 3.52. The number of hydrogen-bond donors (Lipinski definition) is 1. The molecule has 0 aliphatic carbocycles. The van der Waals surface area contributed by atoms with E-state index in [-0.39, 0.29) is 11.6 Å². The molecule has 0 aliphatic heterocycles. The van der Waals surface area contributed by atoms with E-state index < -0.39 is 0 Å². The summed E-state index contributed by atoms with van der Waals surface area (Å²) < 4.78 is 29.2. The van der Waals surface area contributed by atoms with Crippen LogP contribution in [0.5, 0.6) is 17.2 Å². The molecule has 5 nitrogen and oxygen atoms in total. The highest BCUT2D eigenvalue weighted by molar-refractivity contribution is 6.04. The van der Waals surface area contributed by atoms with E-state index in [9.17, 15) is 9.18 Å². The van der Waals surface area contributed by atoms with Crippen molar-refractivity contribution in [3.63, 3.8) is 0 Å². The maximum atomic E-state index is 13.0. The van der Waals surface area contributed by atoms with Gasteiger partial charge in [-0.15, -0.1) is 0 Å². The Morgan fingerprint density at radius 1 is 0.875 bits per heavy atom. The van der Waals surface area contributed by atoms with Gasteiger partial charge in [0.1, 0.15) is 5.82 Å². The Kier molecular flexibility index (Phi) is 7.86. The van der Waals surface area contributed by atoms with Crippen LogP contribution < -0.4 is 19.5 Å². The summed E-state index contributed by atoms with van der Waals surface area (Å²) in [6, 6.07) is 17.3. The number of rotatable bonds is 10. The number of hydrogen-bond acceptors (Lipinski definition) is 5. The Balaban J connectivity index is 1.63. The first-order chi connectivity index (χ1) is 15.5. The predicted molar refractivity (Wildman–Crippen MR) is 123 cm³/mol. The number of aryl methyl sites for hydroxylation is 2. The predicted octanol–water partition coefficient (Wildman–Crippen LogP) is 5.45. The molecule has 3 aromatic rings. The van der Waals surface area contributed by atoms with Crippen LogP contribution in [0.25, 0.3) is 0 Å². The average molecular weight is 435 g/mol. The summed E-state index contributed by atoms with van der Waals surface area (Å²) in [6.45, 7) is 0. The van der Waals surface area contributed by atoms with E-state index in [1.165, 1.54) is 30.3 Å². The quantitative estimate of drug-likeness (QED) is 0.339. The number of carbonyl (C=O) groups excluding carboxylic acids is 1. The lowest BCUT2D eigenvalue weighted by molar-refractivity contribution is 0.104. The summed E-state index contributed by atoms with van der Waals surface area (Å²) in [5.74, 6) is 1.27. The van der Waals surface area contributed by atoms with Crippen LogP contribution >= 0.6 is 0 Å². The topological polar surface area (TPSA) is 56.8 Å². The third kappa shape index (κ3) is 5.88. The van der Waals surface area contributed by atoms with Crippen molar-refractivity contribution in [3.05, 3.63) is 95.4 Å². The molecule has 0 amide bonds. The molecule has 3 rings (SSSR count). The van der Waals surface area contributed by atoms with Gasteiger partial charge in [-0.25, -0.2) is 4.39 Å². The van der Waals surface area contributed by atoms with E-state index >= 15 is 0 Å². The molecule has 0 bridgehead atoms. The zero-order chi connectivity index (χ0) is 22.9. The fourth-order valence-electron chi connectivity index (χ4n) is 3.31. The van der Waals surface area contributed by atoms with E-state index in [4.69, 9.17) is 14.2 Å². The lowest BCUT2D eigenvalue weighted by Crippen LogP contribution is -1.99. The lowest BCUT2D eigenvalue weighted by atomic mass is 10.0. The third-order valence-corrected chi connectivity index (χ3v) is 4.97.